The molecule has 0 spiro atoms. The molecule has 2 N–H and O–H groups in total. The maximum Gasteiger partial charge on any atom is 0.240 e. The van der Waals surface area contributed by atoms with Crippen molar-refractivity contribution in [3.63, 3.8) is 0 Å². The number of amides is 2. The Morgan fingerprint density at radius 2 is 2.16 bits per heavy atom. The maximum atomic E-state index is 13.4. The third-order valence-electron chi connectivity index (χ3n) is 4.76. The summed E-state index contributed by atoms with van der Waals surface area (Å²) in [7, 11) is 0. The Morgan fingerprint density at radius 1 is 1.36 bits per heavy atom. The van der Waals surface area contributed by atoms with Crippen LogP contribution in [0.1, 0.15) is 13.8 Å². The van der Waals surface area contributed by atoms with Gasteiger partial charge in [0.1, 0.15) is 5.82 Å². The lowest BCUT2D eigenvalue weighted by Gasteiger charge is -2.40. The molecular weight excluding hydrogens is 323 g/mol. The molecule has 3 rings (SSSR count). The first-order valence-corrected chi connectivity index (χ1v) is 8.42. The molecule has 1 aromatic carbocycles. The number of aromatic nitrogens is 1. The zero-order valence-electron chi connectivity index (χ0n) is 14.5. The fourth-order valence-corrected chi connectivity index (χ4v) is 3.12. The van der Waals surface area contributed by atoms with Crippen molar-refractivity contribution < 1.29 is 14.0 Å². The van der Waals surface area contributed by atoms with E-state index in [1.807, 2.05) is 35.6 Å². The molecule has 2 amide bonds. The summed E-state index contributed by atoms with van der Waals surface area (Å²) in [5, 5.41) is 6.65. The Balaban J connectivity index is 1.54. The van der Waals surface area contributed by atoms with Crippen LogP contribution in [0.5, 0.6) is 0 Å². The van der Waals surface area contributed by atoms with E-state index in [1.54, 1.807) is 6.07 Å². The van der Waals surface area contributed by atoms with Gasteiger partial charge in [0.05, 0.1) is 17.6 Å². The largest absolute Gasteiger partial charge is 0.353 e. The van der Waals surface area contributed by atoms with E-state index in [4.69, 9.17) is 0 Å². The molecule has 2 aromatic rings. The number of piperazine rings is 1. The van der Waals surface area contributed by atoms with E-state index < -0.39 is 5.54 Å². The molecule has 0 atom stereocenters. The zero-order chi connectivity index (χ0) is 18.0. The molecular formula is C18H23FN4O2. The lowest BCUT2D eigenvalue weighted by molar-refractivity contribution is -0.137. The fourth-order valence-electron chi connectivity index (χ4n) is 3.12. The third kappa shape index (κ3) is 3.66. The monoisotopic (exact) mass is 346 g/mol. The van der Waals surface area contributed by atoms with Crippen LogP contribution in [0, 0.1) is 5.82 Å². The minimum absolute atomic E-state index is 0.0626. The number of nitrogens with zero attached hydrogens (tertiary/aromatic N) is 2. The van der Waals surface area contributed by atoms with Crippen molar-refractivity contribution in [3.05, 3.63) is 36.3 Å². The molecule has 0 unspecified atom stereocenters. The van der Waals surface area contributed by atoms with E-state index >= 15 is 0 Å². The molecule has 0 radical (unpaired) electrons. The van der Waals surface area contributed by atoms with Crippen LogP contribution in [0.2, 0.25) is 0 Å². The topological polar surface area (TPSA) is 66.4 Å². The molecule has 0 saturated carbocycles. The highest BCUT2D eigenvalue weighted by atomic mass is 19.1. The molecule has 1 aliphatic heterocycles. The van der Waals surface area contributed by atoms with Crippen molar-refractivity contribution in [2.24, 2.45) is 0 Å². The Kier molecular flexibility index (Phi) is 4.76. The number of hydrogen-bond donors (Lipinski definition) is 2. The summed E-state index contributed by atoms with van der Waals surface area (Å²) in [4.78, 5) is 26.0. The van der Waals surface area contributed by atoms with Crippen molar-refractivity contribution in [3.8, 4) is 0 Å². The molecule has 25 heavy (non-hydrogen) atoms. The summed E-state index contributed by atoms with van der Waals surface area (Å²) >= 11 is 0. The van der Waals surface area contributed by atoms with Crippen LogP contribution < -0.4 is 10.6 Å². The normalized spacial score (nSPS) is 17.5. The number of fused-ring (bicyclic) bond motifs is 1. The van der Waals surface area contributed by atoms with E-state index in [2.05, 4.69) is 10.6 Å². The minimum atomic E-state index is -0.691. The number of carbonyl (C=O) groups excluding carboxylic acids is 2. The number of carbonyl (C=O) groups is 2. The summed E-state index contributed by atoms with van der Waals surface area (Å²) in [5.41, 5.74) is 0.118. The lowest BCUT2D eigenvalue weighted by atomic mass is 9.99. The Hall–Kier alpha value is -2.41. The van der Waals surface area contributed by atoms with Crippen molar-refractivity contribution in [1.82, 2.24) is 20.1 Å². The van der Waals surface area contributed by atoms with Crippen molar-refractivity contribution in [1.29, 1.82) is 0 Å². The summed E-state index contributed by atoms with van der Waals surface area (Å²) < 4.78 is 15.3. The number of nitrogens with one attached hydrogen (secondary N) is 2. The molecule has 6 nitrogen and oxygen atoms in total. The molecule has 134 valence electrons. The maximum absolute atomic E-state index is 13.4. The Labute approximate surface area is 146 Å². The van der Waals surface area contributed by atoms with Gasteiger partial charge in [-0.2, -0.15) is 0 Å². The van der Waals surface area contributed by atoms with Crippen LogP contribution in [-0.2, 0) is 16.1 Å². The quantitative estimate of drug-likeness (QED) is 0.852. The molecule has 0 aliphatic carbocycles. The van der Waals surface area contributed by atoms with Gasteiger partial charge in [-0.15, -0.1) is 0 Å². The van der Waals surface area contributed by atoms with Crippen LogP contribution in [0.4, 0.5) is 4.39 Å². The summed E-state index contributed by atoms with van der Waals surface area (Å²) in [6.07, 6.45) is 1.88. The first-order valence-electron chi connectivity index (χ1n) is 8.42. The number of rotatable bonds is 5. The van der Waals surface area contributed by atoms with Gasteiger partial charge in [-0.05, 0) is 43.5 Å². The van der Waals surface area contributed by atoms with Gasteiger partial charge in [-0.25, -0.2) is 4.39 Å². The van der Waals surface area contributed by atoms with E-state index in [0.717, 1.165) is 10.9 Å². The predicted octanol–water partition coefficient (Wildman–Crippen LogP) is 1.11. The highest BCUT2D eigenvalue weighted by Crippen LogP contribution is 2.18. The highest BCUT2D eigenvalue weighted by molar-refractivity contribution is 5.87. The van der Waals surface area contributed by atoms with Crippen molar-refractivity contribution >= 4 is 22.7 Å². The fraction of sp³-hybridized carbons (Fsp3) is 0.444. The van der Waals surface area contributed by atoms with Gasteiger partial charge >= 0.3 is 0 Å². The predicted molar refractivity (Wildman–Crippen MR) is 93.6 cm³/mol. The summed E-state index contributed by atoms with van der Waals surface area (Å²) in [5.74, 6) is -0.458. The van der Waals surface area contributed by atoms with Crippen molar-refractivity contribution in [2.45, 2.75) is 25.9 Å². The Bertz CT molecular complexity index is 799. The molecule has 1 fully saturated rings. The third-order valence-corrected chi connectivity index (χ3v) is 4.76. The van der Waals surface area contributed by atoms with Gasteiger partial charge in [-0.3, -0.25) is 14.5 Å². The highest BCUT2D eigenvalue weighted by Gasteiger charge is 2.38. The number of hydrogen-bond acceptors (Lipinski definition) is 3. The molecule has 1 aromatic heterocycles. The average Bonchev–Trinajstić information content (AvgIpc) is 2.95. The van der Waals surface area contributed by atoms with Gasteiger partial charge in [0.25, 0.3) is 0 Å². The molecule has 0 bridgehead atoms. The molecule has 2 heterocycles. The van der Waals surface area contributed by atoms with E-state index in [9.17, 15) is 14.0 Å². The van der Waals surface area contributed by atoms with Crippen LogP contribution in [0.25, 0.3) is 10.9 Å². The van der Waals surface area contributed by atoms with Gasteiger partial charge in [0.15, 0.2) is 0 Å². The van der Waals surface area contributed by atoms with E-state index in [-0.39, 0.29) is 24.2 Å². The first-order chi connectivity index (χ1) is 11.9. The first kappa shape index (κ1) is 17.4. The van der Waals surface area contributed by atoms with Crippen LogP contribution in [-0.4, -0.2) is 53.0 Å². The molecule has 1 saturated heterocycles. The van der Waals surface area contributed by atoms with E-state index in [0.29, 0.717) is 26.2 Å². The Morgan fingerprint density at radius 3 is 2.96 bits per heavy atom. The van der Waals surface area contributed by atoms with Gasteiger partial charge < -0.3 is 15.2 Å². The summed E-state index contributed by atoms with van der Waals surface area (Å²) in [6, 6.07) is 6.59. The second-order valence-electron chi connectivity index (χ2n) is 6.80. The number of benzene rings is 1. The second-order valence-corrected chi connectivity index (χ2v) is 6.80. The minimum Gasteiger partial charge on any atom is -0.353 e. The van der Waals surface area contributed by atoms with E-state index in [1.165, 1.54) is 12.1 Å². The van der Waals surface area contributed by atoms with Crippen molar-refractivity contribution in [2.75, 3.05) is 26.2 Å². The lowest BCUT2D eigenvalue weighted by Crippen LogP contribution is -2.63. The van der Waals surface area contributed by atoms with Gasteiger partial charge in [0.2, 0.25) is 11.8 Å². The second kappa shape index (κ2) is 6.84. The standard InChI is InChI=1S/C18H23FN4O2/c1-18(2)17(25)21-7-10-23(18)12-16(24)20-6-9-22-8-5-13-3-4-14(19)11-15(13)22/h3-5,8,11H,6-7,9-10,12H2,1-2H3,(H,20,24)(H,21,25). The van der Waals surface area contributed by atoms with Crippen LogP contribution in [0.3, 0.4) is 0 Å². The average molecular weight is 346 g/mol. The molecule has 7 heteroatoms. The zero-order valence-corrected chi connectivity index (χ0v) is 14.5. The number of halogens is 1. The van der Waals surface area contributed by atoms with Gasteiger partial charge in [0, 0.05) is 32.4 Å². The van der Waals surface area contributed by atoms with Gasteiger partial charge in [-0.1, -0.05) is 0 Å². The molecule has 1 aliphatic rings. The summed E-state index contributed by atoms with van der Waals surface area (Å²) in [6.45, 7) is 6.01. The van der Waals surface area contributed by atoms with Crippen LogP contribution >= 0.6 is 0 Å². The smallest absolute Gasteiger partial charge is 0.240 e. The van der Waals surface area contributed by atoms with Crippen LogP contribution in [0.15, 0.2) is 30.5 Å². The SMILES string of the molecule is CC1(C)C(=O)NCCN1CC(=O)NCCn1ccc2ccc(F)cc21.